The highest BCUT2D eigenvalue weighted by Gasteiger charge is 2.20. The molecule has 9 N–H and O–H groups in total. The summed E-state index contributed by atoms with van der Waals surface area (Å²) in [6.45, 7) is 1.22. The number of rotatable bonds is 4. The first-order chi connectivity index (χ1) is 8.14. The van der Waals surface area contributed by atoms with Crippen LogP contribution in [0.1, 0.15) is 12.6 Å². The lowest BCUT2D eigenvalue weighted by atomic mass is 10.2. The lowest BCUT2D eigenvalue weighted by Gasteiger charge is -2.09. The van der Waals surface area contributed by atoms with E-state index in [2.05, 4.69) is 9.97 Å². The third kappa shape index (κ3) is 6.58. The van der Waals surface area contributed by atoms with Crippen molar-refractivity contribution in [2.75, 3.05) is 0 Å². The SMILES string of the molecule is CC(N)(N)C(=O)O.NC(Cc1cnc[nH]1)C(=O)O. The Bertz CT molecular complexity index is 384. The van der Waals surface area contributed by atoms with Gasteiger partial charge < -0.3 is 32.4 Å². The molecule has 0 aliphatic heterocycles. The molecule has 1 aromatic heterocycles. The minimum atomic E-state index is -1.58. The molecule has 0 aromatic carbocycles. The summed E-state index contributed by atoms with van der Waals surface area (Å²) < 4.78 is 0. The molecule has 0 fully saturated rings. The fraction of sp³-hybridized carbons (Fsp3) is 0.444. The van der Waals surface area contributed by atoms with Gasteiger partial charge in [-0.15, -0.1) is 0 Å². The van der Waals surface area contributed by atoms with Gasteiger partial charge in [-0.05, 0) is 6.92 Å². The van der Waals surface area contributed by atoms with Gasteiger partial charge in [0, 0.05) is 18.3 Å². The Morgan fingerprint density at radius 1 is 1.50 bits per heavy atom. The zero-order valence-corrected chi connectivity index (χ0v) is 9.83. The van der Waals surface area contributed by atoms with E-state index in [1.165, 1.54) is 13.3 Å². The highest BCUT2D eigenvalue weighted by Crippen LogP contribution is 1.95. The molecular weight excluding hydrogens is 242 g/mol. The summed E-state index contributed by atoms with van der Waals surface area (Å²) in [4.78, 5) is 26.5. The van der Waals surface area contributed by atoms with Gasteiger partial charge in [0.25, 0.3) is 0 Å². The molecule has 0 aliphatic rings. The van der Waals surface area contributed by atoms with Crippen molar-refractivity contribution in [3.05, 3.63) is 18.2 Å². The Hall–Kier alpha value is -1.97. The number of hydrogen-bond donors (Lipinski definition) is 6. The second-order valence-corrected chi connectivity index (χ2v) is 3.81. The standard InChI is InChI=1S/C6H9N3O2.C3H8N2O2/c7-5(6(10)11)1-4-2-8-3-9-4;1-3(4,5)2(6)7/h2-3,5H,1,7H2,(H,8,9)(H,10,11);4-5H2,1H3,(H,6,7). The van der Waals surface area contributed by atoms with Crippen LogP contribution in [0.25, 0.3) is 0 Å². The maximum atomic E-state index is 10.3. The van der Waals surface area contributed by atoms with Crippen LogP contribution >= 0.6 is 0 Å². The quantitative estimate of drug-likeness (QED) is 0.338. The van der Waals surface area contributed by atoms with Crippen LogP contribution in [0.3, 0.4) is 0 Å². The minimum Gasteiger partial charge on any atom is -0.480 e. The monoisotopic (exact) mass is 259 g/mol. The molecule has 1 heterocycles. The van der Waals surface area contributed by atoms with Crippen molar-refractivity contribution in [1.82, 2.24) is 9.97 Å². The number of aliphatic carboxylic acids is 2. The van der Waals surface area contributed by atoms with Crippen LogP contribution in [0.5, 0.6) is 0 Å². The summed E-state index contributed by atoms with van der Waals surface area (Å²) in [7, 11) is 0. The topological polar surface area (TPSA) is 181 Å². The van der Waals surface area contributed by atoms with Crippen molar-refractivity contribution in [1.29, 1.82) is 0 Å². The lowest BCUT2D eigenvalue weighted by Crippen LogP contribution is -2.53. The minimum absolute atomic E-state index is 0.287. The average Bonchev–Trinajstić information content (AvgIpc) is 2.69. The first-order valence-corrected chi connectivity index (χ1v) is 4.91. The number of carboxylic acids is 2. The summed E-state index contributed by atoms with van der Waals surface area (Å²) >= 11 is 0. The van der Waals surface area contributed by atoms with Gasteiger partial charge in [0.15, 0.2) is 5.66 Å². The van der Waals surface area contributed by atoms with Gasteiger partial charge in [-0.1, -0.05) is 0 Å². The zero-order valence-electron chi connectivity index (χ0n) is 9.83. The number of aromatic nitrogens is 2. The summed E-state index contributed by atoms with van der Waals surface area (Å²) in [5.74, 6) is -2.20. The maximum Gasteiger partial charge on any atom is 0.338 e. The lowest BCUT2D eigenvalue weighted by molar-refractivity contribution is -0.142. The van der Waals surface area contributed by atoms with E-state index >= 15 is 0 Å². The molecule has 1 unspecified atom stereocenters. The number of hydrogen-bond acceptors (Lipinski definition) is 6. The predicted octanol–water partition coefficient (Wildman–Crippen LogP) is -1.93. The van der Waals surface area contributed by atoms with E-state index in [1.54, 1.807) is 6.20 Å². The first kappa shape index (κ1) is 16.0. The molecule has 9 nitrogen and oxygen atoms in total. The third-order valence-corrected chi connectivity index (χ3v) is 1.77. The van der Waals surface area contributed by atoms with Crippen molar-refractivity contribution < 1.29 is 19.8 Å². The fourth-order valence-corrected chi connectivity index (χ4v) is 0.721. The van der Waals surface area contributed by atoms with Crippen molar-refractivity contribution in [3.8, 4) is 0 Å². The molecule has 0 spiro atoms. The Morgan fingerprint density at radius 2 is 2.00 bits per heavy atom. The molecular formula is C9H17N5O4. The van der Waals surface area contributed by atoms with Crippen molar-refractivity contribution in [3.63, 3.8) is 0 Å². The largest absolute Gasteiger partial charge is 0.480 e. The number of nitrogens with zero attached hydrogens (tertiary/aromatic N) is 1. The third-order valence-electron chi connectivity index (χ3n) is 1.77. The summed E-state index contributed by atoms with van der Waals surface area (Å²) in [6.07, 6.45) is 3.34. The average molecular weight is 259 g/mol. The molecule has 0 saturated heterocycles. The smallest absolute Gasteiger partial charge is 0.338 e. The summed E-state index contributed by atoms with van der Waals surface area (Å²) in [5, 5.41) is 16.4. The number of nitrogens with two attached hydrogens (primary N) is 3. The predicted molar refractivity (Wildman–Crippen MR) is 62.3 cm³/mol. The molecule has 0 amide bonds. The van der Waals surface area contributed by atoms with Gasteiger partial charge in [0.05, 0.1) is 6.33 Å². The van der Waals surface area contributed by atoms with Gasteiger partial charge in [0.2, 0.25) is 0 Å². The number of imidazole rings is 1. The molecule has 0 radical (unpaired) electrons. The van der Waals surface area contributed by atoms with E-state index in [1.807, 2.05) is 0 Å². The molecule has 0 saturated carbocycles. The molecule has 102 valence electrons. The number of aromatic amines is 1. The number of carbonyl (C=O) groups is 2. The van der Waals surface area contributed by atoms with Gasteiger partial charge in [0.1, 0.15) is 6.04 Å². The Labute approximate surface area is 103 Å². The van der Waals surface area contributed by atoms with Crippen molar-refractivity contribution >= 4 is 11.9 Å². The van der Waals surface area contributed by atoms with E-state index < -0.39 is 23.6 Å². The van der Waals surface area contributed by atoms with E-state index in [4.69, 9.17) is 27.4 Å². The fourth-order valence-electron chi connectivity index (χ4n) is 0.721. The Balaban J connectivity index is 0.000000360. The van der Waals surface area contributed by atoms with Crippen LogP contribution in [-0.4, -0.2) is 43.8 Å². The molecule has 0 bridgehead atoms. The second-order valence-electron chi connectivity index (χ2n) is 3.81. The van der Waals surface area contributed by atoms with Gasteiger partial charge in [-0.2, -0.15) is 0 Å². The van der Waals surface area contributed by atoms with Crippen LogP contribution in [0.2, 0.25) is 0 Å². The normalized spacial score (nSPS) is 12.2. The van der Waals surface area contributed by atoms with Gasteiger partial charge >= 0.3 is 11.9 Å². The van der Waals surface area contributed by atoms with Crippen LogP contribution in [0.4, 0.5) is 0 Å². The van der Waals surface area contributed by atoms with Gasteiger partial charge in [-0.25, -0.2) is 9.78 Å². The molecule has 1 atom stereocenters. The zero-order chi connectivity index (χ0) is 14.3. The molecule has 18 heavy (non-hydrogen) atoms. The second kappa shape index (κ2) is 6.69. The van der Waals surface area contributed by atoms with E-state index in [0.717, 1.165) is 5.69 Å². The summed E-state index contributed by atoms with van der Waals surface area (Å²) in [6, 6.07) is -0.851. The highest BCUT2D eigenvalue weighted by atomic mass is 16.4. The van der Waals surface area contributed by atoms with Crippen LogP contribution in [-0.2, 0) is 16.0 Å². The first-order valence-electron chi connectivity index (χ1n) is 4.91. The number of H-pyrrole nitrogens is 1. The highest BCUT2D eigenvalue weighted by molar-refractivity contribution is 5.76. The van der Waals surface area contributed by atoms with Crippen LogP contribution in [0.15, 0.2) is 12.5 Å². The number of carboxylic acid groups (broad SMARTS) is 2. The molecule has 1 rings (SSSR count). The molecule has 0 aliphatic carbocycles. The summed E-state index contributed by atoms with van der Waals surface area (Å²) in [5.41, 5.74) is 14.1. The van der Waals surface area contributed by atoms with Crippen LogP contribution in [0, 0.1) is 0 Å². The Kier molecular flexibility index (Phi) is 5.96. The van der Waals surface area contributed by atoms with Crippen LogP contribution < -0.4 is 17.2 Å². The van der Waals surface area contributed by atoms with E-state index in [-0.39, 0.29) is 6.42 Å². The number of nitrogens with one attached hydrogen (secondary N) is 1. The van der Waals surface area contributed by atoms with Crippen molar-refractivity contribution in [2.45, 2.75) is 25.0 Å². The molecule has 1 aromatic rings. The van der Waals surface area contributed by atoms with Gasteiger partial charge in [-0.3, -0.25) is 4.79 Å². The van der Waals surface area contributed by atoms with E-state index in [9.17, 15) is 9.59 Å². The maximum absolute atomic E-state index is 10.3. The van der Waals surface area contributed by atoms with E-state index in [0.29, 0.717) is 0 Å². The molecule has 9 heteroatoms. The Morgan fingerprint density at radius 3 is 2.28 bits per heavy atom. The van der Waals surface area contributed by atoms with Crippen molar-refractivity contribution in [2.24, 2.45) is 17.2 Å².